The zero-order valence-electron chi connectivity index (χ0n) is 13.9. The van der Waals surface area contributed by atoms with E-state index < -0.39 is 0 Å². The molecular weight excluding hydrogens is 306 g/mol. The molecule has 0 bridgehead atoms. The minimum atomic E-state index is -0.0414. The average molecular weight is 327 g/mol. The molecule has 0 saturated carbocycles. The lowest BCUT2D eigenvalue weighted by Gasteiger charge is -2.19. The Kier molecular flexibility index (Phi) is 4.84. The Balaban J connectivity index is 1.60. The van der Waals surface area contributed by atoms with Crippen molar-refractivity contribution in [2.24, 2.45) is 0 Å². The number of pyridine rings is 1. The Morgan fingerprint density at radius 3 is 2.79 bits per heavy atom. The second-order valence-electron chi connectivity index (χ2n) is 5.81. The first kappa shape index (κ1) is 16.1. The molecule has 2 aromatic rings. The molecule has 1 aromatic heterocycles. The van der Waals surface area contributed by atoms with E-state index >= 15 is 0 Å². The van der Waals surface area contributed by atoms with Crippen LogP contribution >= 0.6 is 0 Å². The molecule has 1 aliphatic rings. The summed E-state index contributed by atoms with van der Waals surface area (Å²) in [6, 6.07) is 9.44. The molecule has 2 heterocycles. The summed E-state index contributed by atoms with van der Waals surface area (Å²) in [6.45, 7) is 1.55. The van der Waals surface area contributed by atoms with E-state index in [9.17, 15) is 4.79 Å². The van der Waals surface area contributed by atoms with Gasteiger partial charge in [-0.2, -0.15) is 0 Å². The van der Waals surface area contributed by atoms with Crippen molar-refractivity contribution in [3.8, 4) is 11.5 Å². The molecule has 6 heteroatoms. The minimum absolute atomic E-state index is 0.0414. The van der Waals surface area contributed by atoms with Gasteiger partial charge in [0.1, 0.15) is 19.0 Å². The molecule has 1 aliphatic heterocycles. The monoisotopic (exact) mass is 327 g/mol. The number of hydrogen-bond acceptors (Lipinski definition) is 5. The van der Waals surface area contributed by atoms with E-state index in [-0.39, 0.29) is 5.91 Å². The largest absolute Gasteiger partial charge is 0.486 e. The third-order valence-electron chi connectivity index (χ3n) is 3.74. The zero-order chi connectivity index (χ0) is 16.9. The molecule has 0 unspecified atom stereocenters. The summed E-state index contributed by atoms with van der Waals surface area (Å²) < 4.78 is 11.0. The second kappa shape index (κ2) is 7.21. The summed E-state index contributed by atoms with van der Waals surface area (Å²) in [5.41, 5.74) is 1.88. The van der Waals surface area contributed by atoms with Gasteiger partial charge in [-0.25, -0.2) is 4.98 Å². The number of hydrogen-bond donors (Lipinski definition) is 1. The summed E-state index contributed by atoms with van der Waals surface area (Å²) in [5, 5.41) is 2.95. The van der Waals surface area contributed by atoms with Gasteiger partial charge in [-0.05, 0) is 23.8 Å². The highest BCUT2D eigenvalue weighted by atomic mass is 16.6. The molecule has 0 aliphatic carbocycles. The van der Waals surface area contributed by atoms with Gasteiger partial charge in [0, 0.05) is 32.4 Å². The molecule has 0 fully saturated rings. The first-order chi connectivity index (χ1) is 11.6. The lowest BCUT2D eigenvalue weighted by Crippen LogP contribution is -2.26. The highest BCUT2D eigenvalue weighted by Crippen LogP contribution is 2.30. The van der Waals surface area contributed by atoms with Crippen LogP contribution in [0.3, 0.4) is 0 Å². The van der Waals surface area contributed by atoms with E-state index in [2.05, 4.69) is 10.3 Å². The highest BCUT2D eigenvalue weighted by Gasteiger charge is 2.13. The standard InChI is InChI=1S/C18H21N3O3/c1-21(2)18-14(4-3-7-19-18)12-20-17(22)11-13-5-6-15-16(10-13)24-9-8-23-15/h3-7,10H,8-9,11-12H2,1-2H3,(H,20,22). The van der Waals surface area contributed by atoms with Crippen molar-refractivity contribution >= 4 is 11.7 Å². The lowest BCUT2D eigenvalue weighted by molar-refractivity contribution is -0.120. The number of nitrogens with zero attached hydrogens (tertiary/aromatic N) is 2. The van der Waals surface area contributed by atoms with Gasteiger partial charge < -0.3 is 19.7 Å². The van der Waals surface area contributed by atoms with Gasteiger partial charge in [0.25, 0.3) is 0 Å². The molecule has 0 atom stereocenters. The van der Waals surface area contributed by atoms with Crippen LogP contribution in [-0.4, -0.2) is 38.2 Å². The van der Waals surface area contributed by atoms with Crippen molar-refractivity contribution in [3.63, 3.8) is 0 Å². The average Bonchev–Trinajstić information content (AvgIpc) is 2.60. The molecule has 0 radical (unpaired) electrons. The third-order valence-corrected chi connectivity index (χ3v) is 3.74. The molecule has 1 N–H and O–H groups in total. The van der Waals surface area contributed by atoms with Gasteiger partial charge in [-0.15, -0.1) is 0 Å². The maximum Gasteiger partial charge on any atom is 0.224 e. The number of carbonyl (C=O) groups is 1. The van der Waals surface area contributed by atoms with Crippen LogP contribution in [0.4, 0.5) is 5.82 Å². The zero-order valence-corrected chi connectivity index (χ0v) is 13.9. The van der Waals surface area contributed by atoms with Crippen LogP contribution in [0, 0.1) is 0 Å². The molecule has 0 saturated heterocycles. The van der Waals surface area contributed by atoms with E-state index in [1.165, 1.54) is 0 Å². The van der Waals surface area contributed by atoms with Crippen LogP contribution in [0.25, 0.3) is 0 Å². The molecule has 1 aromatic carbocycles. The number of rotatable bonds is 5. The van der Waals surface area contributed by atoms with Gasteiger partial charge in [-0.1, -0.05) is 12.1 Å². The number of carbonyl (C=O) groups excluding carboxylic acids is 1. The Labute approximate surface area is 141 Å². The van der Waals surface area contributed by atoms with Gasteiger partial charge >= 0.3 is 0 Å². The van der Waals surface area contributed by atoms with Crippen LogP contribution in [0.15, 0.2) is 36.5 Å². The van der Waals surface area contributed by atoms with Crippen LogP contribution in [-0.2, 0) is 17.8 Å². The van der Waals surface area contributed by atoms with E-state index in [1.807, 2.05) is 49.3 Å². The fourth-order valence-electron chi connectivity index (χ4n) is 2.61. The van der Waals surface area contributed by atoms with Crippen molar-refractivity contribution in [3.05, 3.63) is 47.7 Å². The summed E-state index contributed by atoms with van der Waals surface area (Å²) >= 11 is 0. The van der Waals surface area contributed by atoms with Crippen molar-refractivity contribution in [2.45, 2.75) is 13.0 Å². The SMILES string of the molecule is CN(C)c1ncccc1CNC(=O)Cc1ccc2c(c1)OCCO2. The van der Waals surface area contributed by atoms with Crippen LogP contribution in [0.1, 0.15) is 11.1 Å². The number of nitrogens with one attached hydrogen (secondary N) is 1. The first-order valence-electron chi connectivity index (χ1n) is 7.90. The van der Waals surface area contributed by atoms with Gasteiger partial charge in [-0.3, -0.25) is 4.79 Å². The van der Waals surface area contributed by atoms with E-state index in [4.69, 9.17) is 9.47 Å². The fraction of sp³-hybridized carbons (Fsp3) is 0.333. The highest BCUT2D eigenvalue weighted by molar-refractivity contribution is 5.79. The Hall–Kier alpha value is -2.76. The summed E-state index contributed by atoms with van der Waals surface area (Å²) in [4.78, 5) is 18.5. The van der Waals surface area contributed by atoms with Gasteiger partial charge in [0.05, 0.1) is 6.42 Å². The molecule has 24 heavy (non-hydrogen) atoms. The number of aromatic nitrogens is 1. The molecular formula is C18H21N3O3. The van der Waals surface area contributed by atoms with E-state index in [0.29, 0.717) is 31.9 Å². The minimum Gasteiger partial charge on any atom is -0.486 e. The number of ether oxygens (including phenoxy) is 2. The van der Waals surface area contributed by atoms with E-state index in [0.717, 1.165) is 22.7 Å². The third kappa shape index (κ3) is 3.76. The summed E-state index contributed by atoms with van der Waals surface area (Å²) in [6.07, 6.45) is 2.05. The van der Waals surface area contributed by atoms with E-state index in [1.54, 1.807) is 6.20 Å². The van der Waals surface area contributed by atoms with Crippen LogP contribution < -0.4 is 19.7 Å². The lowest BCUT2D eigenvalue weighted by atomic mass is 10.1. The summed E-state index contributed by atoms with van der Waals surface area (Å²) in [7, 11) is 3.87. The van der Waals surface area contributed by atoms with Crippen molar-refractivity contribution < 1.29 is 14.3 Å². The Morgan fingerprint density at radius 2 is 2.00 bits per heavy atom. The predicted molar refractivity (Wildman–Crippen MR) is 91.5 cm³/mol. The molecule has 6 nitrogen and oxygen atoms in total. The second-order valence-corrected chi connectivity index (χ2v) is 5.81. The predicted octanol–water partition coefficient (Wildman–Crippen LogP) is 1.78. The molecule has 1 amide bonds. The topological polar surface area (TPSA) is 63.7 Å². The Morgan fingerprint density at radius 1 is 1.21 bits per heavy atom. The molecule has 3 rings (SSSR count). The Bertz CT molecular complexity index is 731. The maximum absolute atomic E-state index is 12.2. The normalized spacial score (nSPS) is 12.6. The molecule has 126 valence electrons. The maximum atomic E-state index is 12.2. The summed E-state index contributed by atoms with van der Waals surface area (Å²) in [5.74, 6) is 2.25. The van der Waals surface area contributed by atoms with Crippen molar-refractivity contribution in [1.29, 1.82) is 0 Å². The van der Waals surface area contributed by atoms with Crippen molar-refractivity contribution in [2.75, 3.05) is 32.2 Å². The van der Waals surface area contributed by atoms with Crippen molar-refractivity contribution in [1.82, 2.24) is 10.3 Å². The van der Waals surface area contributed by atoms with Crippen LogP contribution in [0.2, 0.25) is 0 Å². The smallest absolute Gasteiger partial charge is 0.224 e. The quantitative estimate of drug-likeness (QED) is 0.907. The fourth-order valence-corrected chi connectivity index (χ4v) is 2.61. The van der Waals surface area contributed by atoms with Crippen LogP contribution in [0.5, 0.6) is 11.5 Å². The number of fused-ring (bicyclic) bond motifs is 1. The number of benzene rings is 1. The molecule has 0 spiro atoms. The van der Waals surface area contributed by atoms with Gasteiger partial charge in [0.2, 0.25) is 5.91 Å². The first-order valence-corrected chi connectivity index (χ1v) is 7.90. The number of anilines is 1. The van der Waals surface area contributed by atoms with Gasteiger partial charge in [0.15, 0.2) is 11.5 Å². The number of amides is 1.